The topological polar surface area (TPSA) is 56.7 Å². The van der Waals surface area contributed by atoms with Gasteiger partial charge in [0.15, 0.2) is 0 Å². The summed E-state index contributed by atoms with van der Waals surface area (Å²) in [7, 11) is 0. The van der Waals surface area contributed by atoms with Crippen LogP contribution in [0.1, 0.15) is 0 Å². The van der Waals surface area contributed by atoms with Crippen molar-refractivity contribution in [2.24, 2.45) is 0 Å². The summed E-state index contributed by atoms with van der Waals surface area (Å²) in [6.07, 6.45) is 0. The SMILES string of the molecule is Nc1ccc(Br)cc1-n1nnc2ccccc21. The van der Waals surface area contributed by atoms with Crippen LogP contribution < -0.4 is 5.73 Å². The maximum Gasteiger partial charge on any atom is 0.113 e. The molecule has 3 rings (SSSR count). The molecule has 0 spiro atoms. The van der Waals surface area contributed by atoms with E-state index in [9.17, 15) is 0 Å². The minimum atomic E-state index is 0.670. The number of hydrogen-bond donors (Lipinski definition) is 1. The van der Waals surface area contributed by atoms with E-state index in [-0.39, 0.29) is 0 Å². The highest BCUT2D eigenvalue weighted by atomic mass is 79.9. The van der Waals surface area contributed by atoms with Crippen LogP contribution in [0.5, 0.6) is 0 Å². The fraction of sp³-hybridized carbons (Fsp3) is 0. The second-order valence-corrected chi connectivity index (χ2v) is 4.61. The number of rotatable bonds is 1. The summed E-state index contributed by atoms with van der Waals surface area (Å²) in [5.41, 5.74) is 9.25. The van der Waals surface area contributed by atoms with E-state index in [2.05, 4.69) is 26.2 Å². The predicted octanol–water partition coefficient (Wildman–Crippen LogP) is 2.77. The van der Waals surface area contributed by atoms with Crippen LogP contribution in [0.15, 0.2) is 46.9 Å². The first-order valence-corrected chi connectivity index (χ1v) is 5.91. The van der Waals surface area contributed by atoms with Gasteiger partial charge in [0.25, 0.3) is 0 Å². The van der Waals surface area contributed by atoms with Gasteiger partial charge in [-0.25, -0.2) is 4.68 Å². The van der Waals surface area contributed by atoms with E-state index < -0.39 is 0 Å². The molecule has 17 heavy (non-hydrogen) atoms. The normalized spacial score (nSPS) is 10.9. The van der Waals surface area contributed by atoms with Crippen molar-refractivity contribution in [2.75, 3.05) is 5.73 Å². The monoisotopic (exact) mass is 288 g/mol. The maximum atomic E-state index is 5.96. The minimum absolute atomic E-state index is 0.670. The molecule has 4 nitrogen and oxygen atoms in total. The van der Waals surface area contributed by atoms with Gasteiger partial charge in [-0.1, -0.05) is 33.3 Å². The molecular formula is C12H9BrN4. The summed E-state index contributed by atoms with van der Waals surface area (Å²) >= 11 is 3.43. The summed E-state index contributed by atoms with van der Waals surface area (Å²) in [5, 5.41) is 8.24. The van der Waals surface area contributed by atoms with Crippen LogP contribution >= 0.6 is 15.9 Å². The lowest BCUT2D eigenvalue weighted by atomic mass is 10.2. The fourth-order valence-corrected chi connectivity index (χ4v) is 2.10. The highest BCUT2D eigenvalue weighted by Crippen LogP contribution is 2.24. The van der Waals surface area contributed by atoms with Crippen molar-refractivity contribution >= 4 is 32.7 Å². The second-order valence-electron chi connectivity index (χ2n) is 3.69. The second kappa shape index (κ2) is 3.85. The van der Waals surface area contributed by atoms with E-state index in [0.29, 0.717) is 5.69 Å². The molecule has 0 aliphatic carbocycles. The van der Waals surface area contributed by atoms with E-state index >= 15 is 0 Å². The third kappa shape index (κ3) is 1.68. The lowest BCUT2D eigenvalue weighted by Crippen LogP contribution is -2.01. The van der Waals surface area contributed by atoms with Gasteiger partial charge in [-0.15, -0.1) is 5.10 Å². The van der Waals surface area contributed by atoms with Gasteiger partial charge >= 0.3 is 0 Å². The number of para-hydroxylation sites is 1. The number of hydrogen-bond acceptors (Lipinski definition) is 3. The number of fused-ring (bicyclic) bond motifs is 1. The molecule has 2 aromatic carbocycles. The summed E-state index contributed by atoms with van der Waals surface area (Å²) in [5.74, 6) is 0. The predicted molar refractivity (Wildman–Crippen MR) is 71.0 cm³/mol. The number of halogens is 1. The summed E-state index contributed by atoms with van der Waals surface area (Å²) < 4.78 is 2.70. The van der Waals surface area contributed by atoms with Gasteiger partial charge in [-0.05, 0) is 30.3 Å². The highest BCUT2D eigenvalue weighted by molar-refractivity contribution is 9.10. The molecular weight excluding hydrogens is 280 g/mol. The lowest BCUT2D eigenvalue weighted by Gasteiger charge is -2.06. The van der Waals surface area contributed by atoms with Crippen molar-refractivity contribution < 1.29 is 0 Å². The van der Waals surface area contributed by atoms with E-state index in [1.807, 2.05) is 42.5 Å². The van der Waals surface area contributed by atoms with Crippen LogP contribution in [-0.2, 0) is 0 Å². The molecule has 0 aliphatic heterocycles. The summed E-state index contributed by atoms with van der Waals surface area (Å²) in [4.78, 5) is 0. The summed E-state index contributed by atoms with van der Waals surface area (Å²) in [6, 6.07) is 13.5. The van der Waals surface area contributed by atoms with Crippen molar-refractivity contribution in [1.29, 1.82) is 0 Å². The Morgan fingerprint density at radius 1 is 1.12 bits per heavy atom. The molecule has 0 aliphatic rings. The van der Waals surface area contributed by atoms with E-state index in [1.165, 1.54) is 0 Å². The first-order chi connectivity index (χ1) is 8.25. The smallest absolute Gasteiger partial charge is 0.113 e. The van der Waals surface area contributed by atoms with E-state index in [4.69, 9.17) is 5.73 Å². The molecule has 0 radical (unpaired) electrons. The van der Waals surface area contributed by atoms with Gasteiger partial charge < -0.3 is 5.73 Å². The molecule has 5 heteroatoms. The summed E-state index contributed by atoms with van der Waals surface area (Å²) in [6.45, 7) is 0. The zero-order valence-electron chi connectivity index (χ0n) is 8.84. The van der Waals surface area contributed by atoms with Crippen LogP contribution in [0.3, 0.4) is 0 Å². The third-order valence-corrected chi connectivity index (χ3v) is 3.07. The molecule has 0 unspecified atom stereocenters. The lowest BCUT2D eigenvalue weighted by molar-refractivity contribution is 0.825. The number of anilines is 1. The molecule has 1 heterocycles. The van der Waals surface area contributed by atoms with E-state index in [1.54, 1.807) is 4.68 Å². The van der Waals surface area contributed by atoms with Gasteiger partial charge in [0, 0.05) is 4.47 Å². The van der Waals surface area contributed by atoms with Crippen molar-refractivity contribution in [3.63, 3.8) is 0 Å². The third-order valence-electron chi connectivity index (χ3n) is 2.57. The Morgan fingerprint density at radius 2 is 1.94 bits per heavy atom. The van der Waals surface area contributed by atoms with Crippen LogP contribution in [0.25, 0.3) is 16.7 Å². The first-order valence-electron chi connectivity index (χ1n) is 5.11. The average Bonchev–Trinajstić information content (AvgIpc) is 2.76. The Balaban J connectivity index is 2.31. The van der Waals surface area contributed by atoms with Gasteiger partial charge in [-0.2, -0.15) is 0 Å². The Morgan fingerprint density at radius 3 is 2.82 bits per heavy atom. The molecule has 1 aromatic heterocycles. The molecule has 2 N–H and O–H groups in total. The van der Waals surface area contributed by atoms with Gasteiger partial charge in [-0.3, -0.25) is 0 Å². The maximum absolute atomic E-state index is 5.96. The molecule has 0 atom stereocenters. The molecule has 0 amide bonds. The Bertz CT molecular complexity index is 690. The standard InChI is InChI=1S/C12H9BrN4/c13-8-5-6-9(14)12(7-8)17-11-4-2-1-3-10(11)15-16-17/h1-7H,14H2. The molecule has 0 bridgehead atoms. The Labute approximate surface area is 106 Å². The quantitative estimate of drug-likeness (QED) is 0.701. The molecule has 0 saturated carbocycles. The highest BCUT2D eigenvalue weighted by Gasteiger charge is 2.08. The Kier molecular flexibility index (Phi) is 2.33. The minimum Gasteiger partial charge on any atom is -0.397 e. The zero-order chi connectivity index (χ0) is 11.8. The average molecular weight is 289 g/mol. The van der Waals surface area contributed by atoms with Crippen molar-refractivity contribution in [3.8, 4) is 5.69 Å². The van der Waals surface area contributed by atoms with Crippen LogP contribution in [0.2, 0.25) is 0 Å². The largest absolute Gasteiger partial charge is 0.397 e. The Hall–Kier alpha value is -1.88. The van der Waals surface area contributed by atoms with Gasteiger partial charge in [0.1, 0.15) is 5.52 Å². The molecule has 84 valence electrons. The molecule has 3 aromatic rings. The molecule has 0 saturated heterocycles. The fourth-order valence-electron chi connectivity index (χ4n) is 1.75. The first kappa shape index (κ1) is 10.3. The number of nitrogens with zero attached hydrogens (tertiary/aromatic N) is 3. The number of nitrogen functional groups attached to an aromatic ring is 1. The van der Waals surface area contributed by atoms with Crippen LogP contribution in [-0.4, -0.2) is 15.0 Å². The number of aromatic nitrogens is 3. The van der Waals surface area contributed by atoms with Crippen LogP contribution in [0, 0.1) is 0 Å². The number of benzene rings is 2. The zero-order valence-corrected chi connectivity index (χ0v) is 10.4. The number of nitrogens with two attached hydrogens (primary N) is 1. The van der Waals surface area contributed by atoms with Crippen molar-refractivity contribution in [1.82, 2.24) is 15.0 Å². The molecule has 0 fully saturated rings. The van der Waals surface area contributed by atoms with E-state index in [0.717, 1.165) is 21.2 Å². The van der Waals surface area contributed by atoms with Crippen LogP contribution in [0.4, 0.5) is 5.69 Å². The van der Waals surface area contributed by atoms with Crippen molar-refractivity contribution in [2.45, 2.75) is 0 Å². The van der Waals surface area contributed by atoms with Gasteiger partial charge in [0.2, 0.25) is 0 Å². The van der Waals surface area contributed by atoms with Gasteiger partial charge in [0.05, 0.1) is 16.9 Å². The van der Waals surface area contributed by atoms with Crippen molar-refractivity contribution in [3.05, 3.63) is 46.9 Å².